The van der Waals surface area contributed by atoms with Crippen molar-refractivity contribution >= 4 is 21.5 Å². The number of anilines is 2. The number of sulfonamides is 1. The van der Waals surface area contributed by atoms with E-state index in [1.165, 1.54) is 4.31 Å². The number of nitrogens with one attached hydrogen (secondary N) is 1. The van der Waals surface area contributed by atoms with Crippen molar-refractivity contribution in [2.75, 3.05) is 21.9 Å². The standard InChI is InChI=1S/C16H20N4O2S/c1-12-9-16(19-13(2)18-12)17-11-14-5-3-6-15(10-14)20-7-4-8-23(20,21)22/h3,5-6,9-10H,4,7-8,11H2,1-2H3,(H,17,18,19). The SMILES string of the molecule is Cc1cc(NCc2cccc(N3CCCS3(=O)=O)c2)nc(C)n1. The Kier molecular flexibility index (Phi) is 4.21. The largest absolute Gasteiger partial charge is 0.366 e. The van der Waals surface area contributed by atoms with Crippen LogP contribution in [0.25, 0.3) is 0 Å². The van der Waals surface area contributed by atoms with Crippen molar-refractivity contribution in [2.24, 2.45) is 0 Å². The monoisotopic (exact) mass is 332 g/mol. The number of nitrogens with zero attached hydrogens (tertiary/aromatic N) is 3. The average molecular weight is 332 g/mol. The van der Waals surface area contributed by atoms with Gasteiger partial charge in [0.05, 0.1) is 11.4 Å². The van der Waals surface area contributed by atoms with Crippen LogP contribution in [0.3, 0.4) is 0 Å². The molecule has 0 amide bonds. The van der Waals surface area contributed by atoms with Crippen LogP contribution in [0.1, 0.15) is 23.5 Å². The molecule has 0 radical (unpaired) electrons. The Morgan fingerprint density at radius 1 is 1.22 bits per heavy atom. The summed E-state index contributed by atoms with van der Waals surface area (Å²) in [6, 6.07) is 9.50. The van der Waals surface area contributed by atoms with Gasteiger partial charge in [-0.25, -0.2) is 18.4 Å². The third kappa shape index (κ3) is 3.61. The maximum Gasteiger partial charge on any atom is 0.235 e. The zero-order valence-corrected chi connectivity index (χ0v) is 14.1. The van der Waals surface area contributed by atoms with Gasteiger partial charge in [0.1, 0.15) is 11.6 Å². The van der Waals surface area contributed by atoms with Crippen LogP contribution in [-0.4, -0.2) is 30.7 Å². The van der Waals surface area contributed by atoms with Crippen LogP contribution >= 0.6 is 0 Å². The molecule has 1 N–H and O–H groups in total. The molecular formula is C16H20N4O2S. The second kappa shape index (κ2) is 6.16. The van der Waals surface area contributed by atoms with E-state index >= 15 is 0 Å². The summed E-state index contributed by atoms with van der Waals surface area (Å²) in [4.78, 5) is 8.59. The van der Waals surface area contributed by atoms with Gasteiger partial charge >= 0.3 is 0 Å². The van der Waals surface area contributed by atoms with Crippen molar-refractivity contribution in [1.82, 2.24) is 9.97 Å². The lowest BCUT2D eigenvalue weighted by Crippen LogP contribution is -2.25. The van der Waals surface area contributed by atoms with Gasteiger partial charge in [0.15, 0.2) is 0 Å². The zero-order chi connectivity index (χ0) is 16.4. The van der Waals surface area contributed by atoms with Crippen LogP contribution in [0.5, 0.6) is 0 Å². The van der Waals surface area contributed by atoms with E-state index in [4.69, 9.17) is 0 Å². The maximum absolute atomic E-state index is 12.0. The summed E-state index contributed by atoms with van der Waals surface area (Å²) in [7, 11) is -3.14. The fraction of sp³-hybridized carbons (Fsp3) is 0.375. The quantitative estimate of drug-likeness (QED) is 0.929. The average Bonchev–Trinajstić information content (AvgIpc) is 2.84. The van der Waals surface area contributed by atoms with Gasteiger partial charge in [-0.05, 0) is 38.0 Å². The molecule has 2 aromatic rings. The van der Waals surface area contributed by atoms with Crippen molar-refractivity contribution in [3.8, 4) is 0 Å². The molecule has 1 aliphatic heterocycles. The first kappa shape index (κ1) is 15.7. The van der Waals surface area contributed by atoms with Crippen molar-refractivity contribution < 1.29 is 8.42 Å². The van der Waals surface area contributed by atoms with Gasteiger partial charge in [0, 0.05) is 24.8 Å². The molecule has 23 heavy (non-hydrogen) atoms. The van der Waals surface area contributed by atoms with E-state index in [1.54, 1.807) is 0 Å². The molecule has 7 heteroatoms. The Hall–Kier alpha value is -2.15. The number of rotatable bonds is 4. The van der Waals surface area contributed by atoms with E-state index in [0.29, 0.717) is 19.5 Å². The number of hydrogen-bond acceptors (Lipinski definition) is 5. The highest BCUT2D eigenvalue weighted by Gasteiger charge is 2.28. The lowest BCUT2D eigenvalue weighted by Gasteiger charge is -2.18. The molecule has 0 unspecified atom stereocenters. The van der Waals surface area contributed by atoms with Gasteiger partial charge in [-0.2, -0.15) is 0 Å². The molecule has 0 aliphatic carbocycles. The van der Waals surface area contributed by atoms with Crippen LogP contribution in [0.4, 0.5) is 11.5 Å². The lowest BCUT2D eigenvalue weighted by molar-refractivity contribution is 0.599. The number of aryl methyl sites for hydroxylation is 2. The molecule has 0 bridgehead atoms. The van der Waals surface area contributed by atoms with Crippen molar-refractivity contribution in [3.05, 3.63) is 47.4 Å². The first-order chi connectivity index (χ1) is 10.9. The fourth-order valence-corrected chi connectivity index (χ4v) is 4.31. The van der Waals surface area contributed by atoms with Gasteiger partial charge in [-0.1, -0.05) is 12.1 Å². The summed E-state index contributed by atoms with van der Waals surface area (Å²) in [5, 5.41) is 3.26. The highest BCUT2D eigenvalue weighted by molar-refractivity contribution is 7.93. The molecule has 0 saturated carbocycles. The van der Waals surface area contributed by atoms with E-state index in [2.05, 4.69) is 15.3 Å². The molecule has 1 fully saturated rings. The Morgan fingerprint density at radius 2 is 2.04 bits per heavy atom. The fourth-order valence-electron chi connectivity index (χ4n) is 2.75. The molecule has 6 nitrogen and oxygen atoms in total. The van der Waals surface area contributed by atoms with Gasteiger partial charge in [0.25, 0.3) is 0 Å². The second-order valence-corrected chi connectivity index (χ2v) is 7.72. The predicted octanol–water partition coefficient (Wildman–Crippen LogP) is 2.25. The Labute approximate surface area is 136 Å². The summed E-state index contributed by atoms with van der Waals surface area (Å²) < 4.78 is 25.5. The smallest absolute Gasteiger partial charge is 0.235 e. The van der Waals surface area contributed by atoms with E-state index < -0.39 is 10.0 Å². The number of hydrogen-bond donors (Lipinski definition) is 1. The number of benzene rings is 1. The zero-order valence-electron chi connectivity index (χ0n) is 13.3. The summed E-state index contributed by atoms with van der Waals surface area (Å²) in [5.41, 5.74) is 2.66. The van der Waals surface area contributed by atoms with E-state index in [0.717, 1.165) is 28.6 Å². The molecule has 2 heterocycles. The van der Waals surface area contributed by atoms with E-state index in [-0.39, 0.29) is 5.75 Å². The van der Waals surface area contributed by atoms with Gasteiger partial charge in [0.2, 0.25) is 10.0 Å². The molecular weight excluding hydrogens is 312 g/mol. The van der Waals surface area contributed by atoms with Crippen LogP contribution in [0, 0.1) is 13.8 Å². The highest BCUT2D eigenvalue weighted by atomic mass is 32.2. The Morgan fingerprint density at radius 3 is 2.74 bits per heavy atom. The first-order valence-corrected chi connectivity index (χ1v) is 9.20. The second-order valence-electron chi connectivity index (χ2n) is 5.71. The van der Waals surface area contributed by atoms with Crippen LogP contribution in [0.2, 0.25) is 0 Å². The molecule has 122 valence electrons. The van der Waals surface area contributed by atoms with E-state index in [9.17, 15) is 8.42 Å². The molecule has 0 atom stereocenters. The minimum atomic E-state index is -3.14. The minimum Gasteiger partial charge on any atom is -0.366 e. The Balaban J connectivity index is 1.75. The van der Waals surface area contributed by atoms with E-state index in [1.807, 2.05) is 44.2 Å². The molecule has 1 aromatic carbocycles. The summed E-state index contributed by atoms with van der Waals surface area (Å²) in [6.07, 6.45) is 0.685. The molecule has 1 saturated heterocycles. The van der Waals surface area contributed by atoms with Crippen molar-refractivity contribution in [1.29, 1.82) is 0 Å². The van der Waals surface area contributed by atoms with Gasteiger partial charge < -0.3 is 5.32 Å². The van der Waals surface area contributed by atoms with Crippen molar-refractivity contribution in [3.63, 3.8) is 0 Å². The molecule has 3 rings (SSSR count). The highest BCUT2D eigenvalue weighted by Crippen LogP contribution is 2.25. The maximum atomic E-state index is 12.0. The van der Waals surface area contributed by atoms with Crippen molar-refractivity contribution in [2.45, 2.75) is 26.8 Å². The third-order valence-corrected chi connectivity index (χ3v) is 5.61. The Bertz CT molecular complexity index is 800. The lowest BCUT2D eigenvalue weighted by atomic mass is 10.2. The van der Waals surface area contributed by atoms with Crippen LogP contribution in [-0.2, 0) is 16.6 Å². The van der Waals surface area contributed by atoms with Gasteiger partial charge in [-0.3, -0.25) is 4.31 Å². The minimum absolute atomic E-state index is 0.231. The number of aromatic nitrogens is 2. The molecule has 1 aliphatic rings. The van der Waals surface area contributed by atoms with Crippen LogP contribution < -0.4 is 9.62 Å². The molecule has 1 aromatic heterocycles. The summed E-state index contributed by atoms with van der Waals surface area (Å²) in [5.74, 6) is 1.73. The summed E-state index contributed by atoms with van der Waals surface area (Å²) in [6.45, 7) is 4.93. The summed E-state index contributed by atoms with van der Waals surface area (Å²) >= 11 is 0. The predicted molar refractivity (Wildman–Crippen MR) is 91.0 cm³/mol. The van der Waals surface area contributed by atoms with Gasteiger partial charge in [-0.15, -0.1) is 0 Å². The topological polar surface area (TPSA) is 75.2 Å². The normalized spacial score (nSPS) is 16.5. The first-order valence-electron chi connectivity index (χ1n) is 7.59. The molecule has 0 spiro atoms. The third-order valence-electron chi connectivity index (χ3n) is 3.74. The van der Waals surface area contributed by atoms with Crippen LogP contribution in [0.15, 0.2) is 30.3 Å².